The van der Waals surface area contributed by atoms with Crippen LogP contribution in [0.2, 0.25) is 0 Å². The zero-order valence-corrected chi connectivity index (χ0v) is 26.8. The van der Waals surface area contributed by atoms with Crippen LogP contribution in [-0.4, -0.2) is 54.6 Å². The number of aromatic amines is 1. The number of likely N-dealkylation sites (N-methyl/N-ethyl adjacent to an activating group) is 1. The van der Waals surface area contributed by atoms with Gasteiger partial charge in [-0.25, -0.2) is 0 Å². The summed E-state index contributed by atoms with van der Waals surface area (Å²) in [6.07, 6.45) is 9.45. The molecule has 44 heavy (non-hydrogen) atoms. The molecule has 0 radical (unpaired) electrons. The number of hydrogen-bond donors (Lipinski definition) is 4. The summed E-state index contributed by atoms with van der Waals surface area (Å²) in [5.41, 5.74) is 4.96. The van der Waals surface area contributed by atoms with Gasteiger partial charge in [-0.1, -0.05) is 72.3 Å². The number of fused-ring (bicyclic) bond motifs is 2. The van der Waals surface area contributed by atoms with Crippen LogP contribution in [-0.2, 0) is 22.5 Å². The van der Waals surface area contributed by atoms with Crippen molar-refractivity contribution in [2.45, 2.75) is 59.4 Å². The molecule has 234 valence electrons. The van der Waals surface area contributed by atoms with E-state index in [2.05, 4.69) is 85.0 Å². The first-order valence-corrected chi connectivity index (χ1v) is 15.6. The van der Waals surface area contributed by atoms with Gasteiger partial charge in [-0.15, -0.1) is 0 Å². The average Bonchev–Trinajstić information content (AvgIpc) is 3.47. The molecule has 1 aliphatic rings. The molecule has 0 saturated carbocycles. The summed E-state index contributed by atoms with van der Waals surface area (Å²) in [6, 6.07) is 22.9. The Morgan fingerprint density at radius 2 is 1.61 bits per heavy atom. The van der Waals surface area contributed by atoms with E-state index in [0.717, 1.165) is 56.3 Å². The lowest BCUT2D eigenvalue weighted by Crippen LogP contribution is -2.40. The van der Waals surface area contributed by atoms with Crippen LogP contribution >= 0.6 is 0 Å². The van der Waals surface area contributed by atoms with Crippen LogP contribution in [0.25, 0.3) is 21.7 Å². The smallest absolute Gasteiger partial charge is 0.123 e. The van der Waals surface area contributed by atoms with Crippen molar-refractivity contribution >= 4 is 39.6 Å². The van der Waals surface area contributed by atoms with Crippen molar-refractivity contribution in [3.05, 3.63) is 95.7 Å². The fraction of sp³-hybridized carbons (Fsp3) is 0.378. The zero-order valence-electron chi connectivity index (χ0n) is 26.8. The number of para-hydroxylation sites is 1. The first-order chi connectivity index (χ1) is 21.4. The Bertz CT molecular complexity index is 1510. The summed E-state index contributed by atoms with van der Waals surface area (Å²) in [6.45, 7) is 8.71. The maximum atomic E-state index is 10.1. The number of nitrogens with one attached hydrogen (secondary N) is 4. The number of H-pyrrole nitrogens is 1. The second-order valence-corrected chi connectivity index (χ2v) is 11.3. The topological polar surface area (TPSA) is 105 Å². The van der Waals surface area contributed by atoms with Crippen molar-refractivity contribution in [3.63, 3.8) is 0 Å². The van der Waals surface area contributed by atoms with Crippen LogP contribution in [0.4, 0.5) is 0 Å². The molecule has 7 nitrogen and oxygen atoms in total. The van der Waals surface area contributed by atoms with Gasteiger partial charge in [0.15, 0.2) is 0 Å². The molecule has 5 rings (SSSR count). The van der Waals surface area contributed by atoms with Gasteiger partial charge in [0, 0.05) is 42.7 Å². The van der Waals surface area contributed by atoms with Gasteiger partial charge in [-0.3, -0.25) is 10.8 Å². The molecular weight excluding hydrogens is 546 g/mol. The van der Waals surface area contributed by atoms with E-state index < -0.39 is 0 Å². The lowest BCUT2D eigenvalue weighted by Gasteiger charge is -2.26. The molecule has 7 heteroatoms. The second kappa shape index (κ2) is 18.6. The quantitative estimate of drug-likeness (QED) is 0.0683. The molecule has 4 N–H and O–H groups in total. The number of aldehydes is 1. The molecule has 4 aromatic rings. The van der Waals surface area contributed by atoms with Crippen LogP contribution in [0.15, 0.2) is 84.6 Å². The minimum Gasteiger partial charge on any atom is -0.381 e. The van der Waals surface area contributed by atoms with Crippen LogP contribution in [0.5, 0.6) is 0 Å². The number of allylic oxidation sites excluding steroid dienone is 2. The Kier molecular flexibility index (Phi) is 14.5. The van der Waals surface area contributed by atoms with Crippen molar-refractivity contribution in [2.75, 3.05) is 26.8 Å². The minimum absolute atomic E-state index is 0.281. The number of aromatic nitrogens is 1. The Morgan fingerprint density at radius 3 is 2.27 bits per heavy atom. The van der Waals surface area contributed by atoms with Gasteiger partial charge in [0.05, 0.1) is 13.1 Å². The average molecular weight is 596 g/mol. The summed E-state index contributed by atoms with van der Waals surface area (Å²) >= 11 is 0. The highest BCUT2D eigenvalue weighted by Crippen LogP contribution is 2.22. The Labute approximate surface area is 262 Å². The maximum absolute atomic E-state index is 10.1. The van der Waals surface area contributed by atoms with Gasteiger partial charge in [0.2, 0.25) is 0 Å². The first-order valence-electron chi connectivity index (χ1n) is 15.6. The van der Waals surface area contributed by atoms with E-state index in [4.69, 9.17) is 15.6 Å². The highest BCUT2D eigenvalue weighted by atomic mass is 16.5. The third-order valence-electron chi connectivity index (χ3n) is 7.77. The van der Waals surface area contributed by atoms with Crippen molar-refractivity contribution in [1.82, 2.24) is 15.2 Å². The van der Waals surface area contributed by atoms with Crippen molar-refractivity contribution in [2.24, 2.45) is 5.92 Å². The van der Waals surface area contributed by atoms with E-state index in [1.54, 1.807) is 0 Å². The number of rotatable bonds is 9. The number of aryl methyl sites for hydroxylation is 1. The van der Waals surface area contributed by atoms with Crippen LogP contribution < -0.4 is 5.32 Å². The van der Waals surface area contributed by atoms with Crippen molar-refractivity contribution in [1.29, 1.82) is 10.8 Å². The molecule has 0 spiro atoms. The van der Waals surface area contributed by atoms with Gasteiger partial charge in [-0.2, -0.15) is 0 Å². The zero-order chi connectivity index (χ0) is 31.7. The molecule has 1 saturated heterocycles. The molecule has 0 aliphatic carbocycles. The lowest BCUT2D eigenvalue weighted by molar-refractivity contribution is -0.113. The molecule has 1 aliphatic heterocycles. The number of nitrogens with zero attached hydrogens (tertiary/aromatic N) is 1. The van der Waals surface area contributed by atoms with Crippen LogP contribution in [0.1, 0.15) is 57.6 Å². The molecule has 0 atom stereocenters. The van der Waals surface area contributed by atoms with Crippen LogP contribution in [0.3, 0.4) is 0 Å². The van der Waals surface area contributed by atoms with Gasteiger partial charge in [0.25, 0.3) is 0 Å². The minimum atomic E-state index is 0.281. The molecule has 0 amide bonds. The largest absolute Gasteiger partial charge is 0.381 e. The standard InChI is InChI=1S/C26H29N5.C6H10O2.C5H10/c1-29-17-26(28)31(18-21-11-6-9-19-8-2-3-12-22(19)21)25(27)15-7-10-20-16-30-24-14-5-4-13-23(20)24;7-5-6-1-3-8-4-2-6;1-4-5(2)3/h2-6,8-9,11-14,16,27-30H,7,10,15,17-18H2,1H3;5-6H,1-4H2;4H,1-3H3. The molecule has 0 bridgehead atoms. The number of ether oxygens (including phenoxy) is 1. The number of hydrogen-bond acceptors (Lipinski definition) is 5. The molecule has 3 aromatic carbocycles. The number of carbonyl (C=O) groups is 1. The number of amidine groups is 2. The van der Waals surface area contributed by atoms with E-state index in [9.17, 15) is 4.79 Å². The summed E-state index contributed by atoms with van der Waals surface area (Å²) in [5.74, 6) is 1.20. The number of carbonyl (C=O) groups excluding carboxylic acids is 1. The fourth-order valence-corrected chi connectivity index (χ4v) is 4.99. The third-order valence-corrected chi connectivity index (χ3v) is 7.77. The summed E-state index contributed by atoms with van der Waals surface area (Å²) in [5, 5.41) is 24.0. The fourth-order valence-electron chi connectivity index (χ4n) is 4.99. The monoisotopic (exact) mass is 595 g/mol. The molecular formula is C37H49N5O2. The highest BCUT2D eigenvalue weighted by Gasteiger charge is 2.17. The second-order valence-electron chi connectivity index (χ2n) is 11.3. The van der Waals surface area contributed by atoms with E-state index in [1.807, 2.05) is 37.1 Å². The normalized spacial score (nSPS) is 12.8. The summed E-state index contributed by atoms with van der Waals surface area (Å²) in [7, 11) is 1.84. The van der Waals surface area contributed by atoms with Gasteiger partial charge >= 0.3 is 0 Å². The van der Waals surface area contributed by atoms with Gasteiger partial charge < -0.3 is 24.7 Å². The molecule has 1 aromatic heterocycles. The van der Waals surface area contributed by atoms with E-state index in [1.165, 1.54) is 27.3 Å². The predicted molar refractivity (Wildman–Crippen MR) is 185 cm³/mol. The molecule has 2 heterocycles. The lowest BCUT2D eigenvalue weighted by atomic mass is 10.0. The number of benzene rings is 3. The van der Waals surface area contributed by atoms with Gasteiger partial charge in [-0.05, 0) is 81.5 Å². The Balaban J connectivity index is 0.000000338. The Morgan fingerprint density at radius 1 is 0.955 bits per heavy atom. The maximum Gasteiger partial charge on any atom is 0.123 e. The van der Waals surface area contributed by atoms with Crippen LogP contribution in [0, 0.1) is 16.7 Å². The first kappa shape index (κ1) is 34.4. The Hall–Kier alpha value is -4.07. The SMILES string of the molecule is CC=C(C)C.CNCC(=N)N(Cc1cccc2ccccc12)C(=N)CCCc1c[nH]c2ccccc12.O=CC1CCOCC1. The summed E-state index contributed by atoms with van der Waals surface area (Å²) < 4.78 is 5.04. The van der Waals surface area contributed by atoms with E-state index in [0.29, 0.717) is 31.2 Å². The van der Waals surface area contributed by atoms with E-state index in [-0.39, 0.29) is 5.92 Å². The summed E-state index contributed by atoms with van der Waals surface area (Å²) in [4.78, 5) is 15.3. The predicted octanol–water partition coefficient (Wildman–Crippen LogP) is 7.90. The van der Waals surface area contributed by atoms with E-state index >= 15 is 0 Å². The molecule has 0 unspecified atom stereocenters. The molecule has 1 fully saturated rings. The van der Waals surface area contributed by atoms with Gasteiger partial charge in [0.1, 0.15) is 18.0 Å². The van der Waals surface area contributed by atoms with Crippen molar-refractivity contribution in [3.8, 4) is 0 Å². The van der Waals surface area contributed by atoms with Crippen molar-refractivity contribution < 1.29 is 9.53 Å². The highest BCUT2D eigenvalue weighted by molar-refractivity contribution is 5.99. The third kappa shape index (κ3) is 10.6.